The first-order valence-electron chi connectivity index (χ1n) is 4.17. The molecule has 0 fully saturated rings. The lowest BCUT2D eigenvalue weighted by molar-refractivity contribution is 0.0683. The van der Waals surface area contributed by atoms with Crippen molar-refractivity contribution >= 4 is 29.2 Å². The van der Waals surface area contributed by atoms with E-state index >= 15 is 0 Å². The molecule has 0 bridgehead atoms. The fourth-order valence-corrected chi connectivity index (χ4v) is 1.67. The van der Waals surface area contributed by atoms with E-state index in [9.17, 15) is 4.79 Å². The van der Waals surface area contributed by atoms with Gasteiger partial charge in [0.2, 0.25) is 0 Å². The molecule has 7 heteroatoms. The van der Waals surface area contributed by atoms with Gasteiger partial charge in [-0.2, -0.15) is 0 Å². The van der Waals surface area contributed by atoms with Crippen LogP contribution in [-0.2, 0) is 0 Å². The molecule has 0 aliphatic heterocycles. The van der Waals surface area contributed by atoms with E-state index in [4.69, 9.17) is 28.3 Å². The molecule has 82 valence electrons. The first kappa shape index (κ1) is 10.9. The molecule has 0 atom stereocenters. The van der Waals surface area contributed by atoms with Crippen LogP contribution in [0.5, 0.6) is 0 Å². The second-order valence-corrected chi connectivity index (χ2v) is 3.82. The Hall–Kier alpha value is -1.59. The van der Waals surface area contributed by atoms with Gasteiger partial charge in [0.1, 0.15) is 6.33 Å². The van der Waals surface area contributed by atoms with Gasteiger partial charge in [-0.15, -0.1) is 5.10 Å². The van der Waals surface area contributed by atoms with Crippen LogP contribution in [0.3, 0.4) is 0 Å². The van der Waals surface area contributed by atoms with E-state index in [0.717, 1.165) is 0 Å². The molecule has 0 aliphatic rings. The van der Waals surface area contributed by atoms with E-state index in [1.165, 1.54) is 11.0 Å². The molecule has 16 heavy (non-hydrogen) atoms. The molecule has 2 rings (SSSR count). The summed E-state index contributed by atoms with van der Waals surface area (Å²) in [6, 6.07) is 4.78. The molecule has 0 saturated heterocycles. The normalized spacial score (nSPS) is 10.4. The quantitative estimate of drug-likeness (QED) is 0.897. The van der Waals surface area contributed by atoms with Crippen molar-refractivity contribution in [2.24, 2.45) is 0 Å². The molecule has 1 N–H and O–H groups in total. The highest BCUT2D eigenvalue weighted by atomic mass is 35.5. The van der Waals surface area contributed by atoms with Crippen molar-refractivity contribution in [1.82, 2.24) is 14.8 Å². The SMILES string of the molecule is O=C(O)c1ncn(-c2cc(Cl)cc(Cl)c2)n1. The van der Waals surface area contributed by atoms with Gasteiger partial charge in [-0.1, -0.05) is 23.2 Å². The lowest BCUT2D eigenvalue weighted by Crippen LogP contribution is -2.01. The van der Waals surface area contributed by atoms with Gasteiger partial charge in [-0.05, 0) is 18.2 Å². The zero-order valence-electron chi connectivity index (χ0n) is 7.76. The van der Waals surface area contributed by atoms with Gasteiger partial charge >= 0.3 is 5.97 Å². The Balaban J connectivity index is 2.46. The topological polar surface area (TPSA) is 68.0 Å². The van der Waals surface area contributed by atoms with Crippen molar-refractivity contribution in [2.45, 2.75) is 0 Å². The Kier molecular flexibility index (Phi) is 2.80. The molecule has 1 aromatic carbocycles. The lowest BCUT2D eigenvalue weighted by atomic mass is 10.3. The van der Waals surface area contributed by atoms with Crippen LogP contribution < -0.4 is 0 Å². The minimum absolute atomic E-state index is 0.281. The van der Waals surface area contributed by atoms with E-state index in [0.29, 0.717) is 15.7 Å². The van der Waals surface area contributed by atoms with Crippen molar-refractivity contribution < 1.29 is 9.90 Å². The lowest BCUT2D eigenvalue weighted by Gasteiger charge is -2.01. The maximum atomic E-state index is 10.6. The Bertz CT molecular complexity index is 533. The van der Waals surface area contributed by atoms with Crippen LogP contribution in [0.15, 0.2) is 24.5 Å². The summed E-state index contributed by atoms with van der Waals surface area (Å²) in [5.41, 5.74) is 0.553. The van der Waals surface area contributed by atoms with E-state index < -0.39 is 5.97 Å². The highest BCUT2D eigenvalue weighted by molar-refractivity contribution is 6.34. The molecule has 5 nitrogen and oxygen atoms in total. The molecule has 0 unspecified atom stereocenters. The van der Waals surface area contributed by atoms with E-state index in [1.807, 2.05) is 0 Å². The molecule has 0 saturated carbocycles. The fraction of sp³-hybridized carbons (Fsp3) is 0. The minimum atomic E-state index is -1.19. The summed E-state index contributed by atoms with van der Waals surface area (Å²) in [4.78, 5) is 14.2. The molecule has 1 aromatic heterocycles. The van der Waals surface area contributed by atoms with Crippen LogP contribution in [0, 0.1) is 0 Å². The number of aromatic nitrogens is 3. The van der Waals surface area contributed by atoms with E-state index in [1.54, 1.807) is 18.2 Å². The standard InChI is InChI=1S/C9H5Cl2N3O2/c10-5-1-6(11)3-7(2-5)14-4-12-8(13-14)9(15)16/h1-4H,(H,15,16). The number of rotatable bonds is 2. The molecule has 0 radical (unpaired) electrons. The van der Waals surface area contributed by atoms with Crippen LogP contribution in [0.2, 0.25) is 10.0 Å². The predicted octanol–water partition coefficient (Wildman–Crippen LogP) is 2.27. The third-order valence-electron chi connectivity index (χ3n) is 1.79. The molecular weight excluding hydrogens is 253 g/mol. The summed E-state index contributed by atoms with van der Waals surface area (Å²) in [6.45, 7) is 0. The molecular formula is C9H5Cl2N3O2. The first-order chi connectivity index (χ1) is 7.56. The number of halogens is 2. The van der Waals surface area contributed by atoms with E-state index in [2.05, 4.69) is 10.1 Å². The maximum absolute atomic E-state index is 10.6. The van der Waals surface area contributed by atoms with Gasteiger partial charge in [-0.3, -0.25) is 0 Å². The number of nitrogens with zero attached hydrogens (tertiary/aromatic N) is 3. The molecule has 0 amide bonds. The Morgan fingerprint density at radius 2 is 1.88 bits per heavy atom. The minimum Gasteiger partial charge on any atom is -0.475 e. The number of carboxylic acids is 1. The third-order valence-corrected chi connectivity index (χ3v) is 2.23. The molecule has 2 aromatic rings. The second-order valence-electron chi connectivity index (χ2n) is 2.95. The number of carboxylic acid groups (broad SMARTS) is 1. The summed E-state index contributed by atoms with van der Waals surface area (Å²) < 4.78 is 1.29. The number of hydrogen-bond acceptors (Lipinski definition) is 3. The van der Waals surface area contributed by atoms with Crippen LogP contribution in [0.1, 0.15) is 10.6 Å². The maximum Gasteiger partial charge on any atom is 0.375 e. The summed E-state index contributed by atoms with van der Waals surface area (Å²) in [7, 11) is 0. The Morgan fingerprint density at radius 1 is 1.25 bits per heavy atom. The predicted molar refractivity (Wildman–Crippen MR) is 58.3 cm³/mol. The van der Waals surface area contributed by atoms with Crippen LogP contribution in [-0.4, -0.2) is 25.8 Å². The van der Waals surface area contributed by atoms with Gasteiger partial charge in [0, 0.05) is 10.0 Å². The Labute approximate surface area is 100 Å². The summed E-state index contributed by atoms with van der Waals surface area (Å²) in [5, 5.41) is 13.3. The molecule has 1 heterocycles. The van der Waals surface area contributed by atoms with Gasteiger partial charge in [0.25, 0.3) is 5.82 Å². The number of hydrogen-bond donors (Lipinski definition) is 1. The van der Waals surface area contributed by atoms with Crippen molar-refractivity contribution in [2.75, 3.05) is 0 Å². The Morgan fingerprint density at radius 3 is 2.38 bits per heavy atom. The average molecular weight is 258 g/mol. The van der Waals surface area contributed by atoms with Crippen LogP contribution >= 0.6 is 23.2 Å². The smallest absolute Gasteiger partial charge is 0.375 e. The molecule has 0 spiro atoms. The van der Waals surface area contributed by atoms with Gasteiger partial charge in [0.15, 0.2) is 0 Å². The number of carbonyl (C=O) groups is 1. The fourth-order valence-electron chi connectivity index (χ4n) is 1.16. The van der Waals surface area contributed by atoms with Crippen molar-refractivity contribution in [3.63, 3.8) is 0 Å². The number of benzene rings is 1. The van der Waals surface area contributed by atoms with Crippen molar-refractivity contribution in [3.8, 4) is 5.69 Å². The zero-order valence-corrected chi connectivity index (χ0v) is 9.27. The first-order valence-corrected chi connectivity index (χ1v) is 4.93. The zero-order chi connectivity index (χ0) is 11.7. The van der Waals surface area contributed by atoms with Crippen LogP contribution in [0.4, 0.5) is 0 Å². The highest BCUT2D eigenvalue weighted by Crippen LogP contribution is 2.21. The monoisotopic (exact) mass is 257 g/mol. The second kappa shape index (κ2) is 4.11. The summed E-state index contributed by atoms with van der Waals surface area (Å²) in [5.74, 6) is -1.47. The van der Waals surface area contributed by atoms with Crippen molar-refractivity contribution in [1.29, 1.82) is 0 Å². The van der Waals surface area contributed by atoms with Crippen LogP contribution in [0.25, 0.3) is 5.69 Å². The van der Waals surface area contributed by atoms with Gasteiger partial charge in [-0.25, -0.2) is 14.5 Å². The summed E-state index contributed by atoms with van der Waals surface area (Å²) >= 11 is 11.6. The number of aromatic carboxylic acids is 1. The third kappa shape index (κ3) is 2.15. The average Bonchev–Trinajstić information content (AvgIpc) is 2.64. The van der Waals surface area contributed by atoms with E-state index in [-0.39, 0.29) is 5.82 Å². The van der Waals surface area contributed by atoms with Crippen molar-refractivity contribution in [3.05, 3.63) is 40.4 Å². The highest BCUT2D eigenvalue weighted by Gasteiger charge is 2.10. The largest absolute Gasteiger partial charge is 0.475 e. The summed E-state index contributed by atoms with van der Waals surface area (Å²) in [6.07, 6.45) is 1.28. The molecule has 0 aliphatic carbocycles. The van der Waals surface area contributed by atoms with Gasteiger partial charge < -0.3 is 5.11 Å². The van der Waals surface area contributed by atoms with Gasteiger partial charge in [0.05, 0.1) is 5.69 Å².